The van der Waals surface area contributed by atoms with Crippen LogP contribution in [-0.2, 0) is 9.57 Å². The molecule has 0 atom stereocenters. The lowest BCUT2D eigenvalue weighted by atomic mass is 10.3. The highest BCUT2D eigenvalue weighted by Gasteiger charge is 2.05. The maximum absolute atomic E-state index is 9.35. The van der Waals surface area contributed by atoms with Gasteiger partial charge in [-0.15, -0.1) is 0 Å². The molecule has 0 saturated heterocycles. The fourth-order valence-corrected chi connectivity index (χ4v) is 1.54. The monoisotopic (exact) mass is 292 g/mol. The molecule has 100 valence electrons. The highest BCUT2D eigenvalue weighted by Crippen LogP contribution is 2.35. The molecule has 1 aromatic rings. The Morgan fingerprint density at radius 2 is 2.00 bits per heavy atom. The van der Waals surface area contributed by atoms with E-state index in [9.17, 15) is 5.11 Å². The number of halogens is 2. The van der Waals surface area contributed by atoms with Crippen LogP contribution >= 0.6 is 23.2 Å². The van der Waals surface area contributed by atoms with Gasteiger partial charge in [-0.05, 0) is 19.1 Å². The Morgan fingerprint density at radius 3 is 2.61 bits per heavy atom. The lowest BCUT2D eigenvalue weighted by molar-refractivity contribution is 0.0271. The van der Waals surface area contributed by atoms with E-state index in [4.69, 9.17) is 32.8 Å². The Kier molecular flexibility index (Phi) is 6.82. The molecular weight excluding hydrogens is 279 g/mol. The average molecular weight is 293 g/mol. The molecule has 0 aliphatic carbocycles. The van der Waals surface area contributed by atoms with Crippen LogP contribution in [0, 0.1) is 0 Å². The summed E-state index contributed by atoms with van der Waals surface area (Å²) >= 11 is 11.5. The first-order valence-electron chi connectivity index (χ1n) is 5.30. The number of aromatic hydroxyl groups is 1. The standard InChI is InChI=1S/C11H14Cl2N2O3/c1-2-17-3-4-18-15-7-14-8-5-9(12)11(16)10(13)6-8/h5-7,16H,2-4H2,1H3,(H,14,15). The highest BCUT2D eigenvalue weighted by molar-refractivity contribution is 6.37. The molecule has 0 saturated carbocycles. The molecule has 7 heteroatoms. The molecule has 18 heavy (non-hydrogen) atoms. The van der Waals surface area contributed by atoms with E-state index < -0.39 is 0 Å². The number of phenolic OH excluding ortho intramolecular Hbond substituents is 1. The number of phenols is 1. The summed E-state index contributed by atoms with van der Waals surface area (Å²) in [5.74, 6) is -0.154. The van der Waals surface area contributed by atoms with Crippen LogP contribution in [0.4, 0.5) is 5.69 Å². The molecule has 2 N–H and O–H groups in total. The first-order chi connectivity index (χ1) is 8.65. The second kappa shape index (κ2) is 8.16. The lowest BCUT2D eigenvalue weighted by Gasteiger charge is -2.03. The molecule has 0 aromatic heterocycles. The van der Waals surface area contributed by atoms with Crippen LogP contribution in [0.15, 0.2) is 17.1 Å². The van der Waals surface area contributed by atoms with Crippen LogP contribution in [0.3, 0.4) is 0 Å². The van der Waals surface area contributed by atoms with E-state index in [2.05, 4.69) is 10.5 Å². The van der Waals surface area contributed by atoms with Gasteiger partial charge in [-0.3, -0.25) is 10.3 Å². The minimum atomic E-state index is -0.154. The van der Waals surface area contributed by atoms with Gasteiger partial charge in [0, 0.05) is 6.61 Å². The Balaban J connectivity index is 2.38. The zero-order valence-corrected chi connectivity index (χ0v) is 11.3. The van der Waals surface area contributed by atoms with E-state index in [1.807, 2.05) is 6.92 Å². The quantitative estimate of drug-likeness (QED) is 0.351. The summed E-state index contributed by atoms with van der Waals surface area (Å²) in [5.41, 5.74) is 3.03. The zero-order chi connectivity index (χ0) is 13.4. The number of ether oxygens (including phenoxy) is 1. The first-order valence-corrected chi connectivity index (χ1v) is 6.06. The maximum Gasteiger partial charge on any atom is 0.152 e. The van der Waals surface area contributed by atoms with Crippen LogP contribution in [0.1, 0.15) is 6.92 Å². The summed E-state index contributed by atoms with van der Waals surface area (Å²) in [4.78, 5) is 9.01. The molecule has 5 nitrogen and oxygen atoms in total. The van der Waals surface area contributed by atoms with Crippen molar-refractivity contribution >= 4 is 35.2 Å². The number of benzene rings is 1. The van der Waals surface area contributed by atoms with Crippen molar-refractivity contribution in [3.63, 3.8) is 0 Å². The van der Waals surface area contributed by atoms with Crippen molar-refractivity contribution in [1.82, 2.24) is 5.48 Å². The molecule has 1 rings (SSSR count). The van der Waals surface area contributed by atoms with Crippen molar-refractivity contribution in [2.45, 2.75) is 6.92 Å². The molecule has 0 bridgehead atoms. The fourth-order valence-electron chi connectivity index (χ4n) is 1.07. The van der Waals surface area contributed by atoms with Crippen LogP contribution in [0.5, 0.6) is 5.75 Å². The zero-order valence-electron chi connectivity index (χ0n) is 9.82. The van der Waals surface area contributed by atoms with E-state index >= 15 is 0 Å². The molecule has 0 radical (unpaired) electrons. The molecule has 1 aromatic carbocycles. The molecule has 0 unspecified atom stereocenters. The maximum atomic E-state index is 9.35. The SMILES string of the molecule is CCOCCONC=Nc1cc(Cl)c(O)c(Cl)c1. The lowest BCUT2D eigenvalue weighted by Crippen LogP contribution is -2.15. The summed E-state index contributed by atoms with van der Waals surface area (Å²) in [6, 6.07) is 2.97. The van der Waals surface area contributed by atoms with Gasteiger partial charge in [-0.1, -0.05) is 23.2 Å². The van der Waals surface area contributed by atoms with Crippen LogP contribution in [0.2, 0.25) is 10.0 Å². The van der Waals surface area contributed by atoms with Crippen molar-refractivity contribution in [3.05, 3.63) is 22.2 Å². The van der Waals surface area contributed by atoms with Gasteiger partial charge in [0.2, 0.25) is 0 Å². The summed E-state index contributed by atoms with van der Waals surface area (Å²) in [7, 11) is 0. The van der Waals surface area contributed by atoms with E-state index in [1.54, 1.807) is 0 Å². The third-order valence-electron chi connectivity index (χ3n) is 1.89. The van der Waals surface area contributed by atoms with Crippen molar-refractivity contribution in [3.8, 4) is 5.75 Å². The number of hydrogen-bond acceptors (Lipinski definition) is 4. The Labute approximate surface area is 115 Å². The molecule has 0 amide bonds. The third-order valence-corrected chi connectivity index (χ3v) is 2.46. The predicted octanol–water partition coefficient (Wildman–Crippen LogP) is 2.92. The van der Waals surface area contributed by atoms with Crippen LogP contribution in [0.25, 0.3) is 0 Å². The van der Waals surface area contributed by atoms with Gasteiger partial charge in [0.1, 0.15) is 6.34 Å². The minimum absolute atomic E-state index is 0.145. The number of rotatable bonds is 7. The van der Waals surface area contributed by atoms with Crippen molar-refractivity contribution in [1.29, 1.82) is 0 Å². The summed E-state index contributed by atoms with van der Waals surface area (Å²) in [6.07, 6.45) is 1.35. The smallest absolute Gasteiger partial charge is 0.152 e. The van der Waals surface area contributed by atoms with Gasteiger partial charge in [-0.25, -0.2) is 4.99 Å². The van der Waals surface area contributed by atoms with Crippen molar-refractivity contribution in [2.75, 3.05) is 19.8 Å². The number of hydroxylamine groups is 1. The Morgan fingerprint density at radius 1 is 1.33 bits per heavy atom. The highest BCUT2D eigenvalue weighted by atomic mass is 35.5. The number of nitrogens with zero attached hydrogens (tertiary/aromatic N) is 1. The number of hydrogen-bond donors (Lipinski definition) is 2. The average Bonchev–Trinajstić information content (AvgIpc) is 2.34. The van der Waals surface area contributed by atoms with Crippen LogP contribution < -0.4 is 5.48 Å². The fraction of sp³-hybridized carbons (Fsp3) is 0.364. The van der Waals surface area contributed by atoms with Gasteiger partial charge in [0.25, 0.3) is 0 Å². The van der Waals surface area contributed by atoms with Crippen LogP contribution in [-0.4, -0.2) is 31.3 Å². The summed E-state index contributed by atoms with van der Waals surface area (Å²) in [5, 5.41) is 9.64. The van der Waals surface area contributed by atoms with E-state index in [0.717, 1.165) is 0 Å². The molecular formula is C11H14Cl2N2O3. The number of aliphatic imine (C=N–C) groups is 1. The van der Waals surface area contributed by atoms with Gasteiger partial charge in [0.15, 0.2) is 5.75 Å². The molecule has 0 aliphatic rings. The largest absolute Gasteiger partial charge is 0.505 e. The first kappa shape index (κ1) is 15.0. The third kappa shape index (κ3) is 5.10. The van der Waals surface area contributed by atoms with Gasteiger partial charge < -0.3 is 9.84 Å². The molecule has 0 fully saturated rings. The normalized spacial score (nSPS) is 11.1. The van der Waals surface area contributed by atoms with E-state index in [0.29, 0.717) is 25.5 Å². The van der Waals surface area contributed by atoms with Gasteiger partial charge in [0.05, 0.1) is 28.9 Å². The second-order valence-electron chi connectivity index (χ2n) is 3.18. The van der Waals surface area contributed by atoms with Crippen molar-refractivity contribution < 1.29 is 14.7 Å². The second-order valence-corrected chi connectivity index (χ2v) is 3.99. The Hall–Kier alpha value is -1.01. The van der Waals surface area contributed by atoms with E-state index in [-0.39, 0.29) is 15.8 Å². The Bertz CT molecular complexity index is 390. The van der Waals surface area contributed by atoms with Gasteiger partial charge in [-0.2, -0.15) is 0 Å². The predicted molar refractivity (Wildman–Crippen MR) is 71.9 cm³/mol. The molecule has 0 aliphatic heterocycles. The number of nitrogens with one attached hydrogen (secondary N) is 1. The minimum Gasteiger partial charge on any atom is -0.505 e. The van der Waals surface area contributed by atoms with E-state index in [1.165, 1.54) is 18.5 Å². The summed E-state index contributed by atoms with van der Waals surface area (Å²) in [6.45, 7) is 3.49. The molecule has 0 heterocycles. The topological polar surface area (TPSA) is 63.1 Å². The van der Waals surface area contributed by atoms with Gasteiger partial charge >= 0.3 is 0 Å². The van der Waals surface area contributed by atoms with Crippen molar-refractivity contribution in [2.24, 2.45) is 4.99 Å². The molecule has 0 spiro atoms. The summed E-state index contributed by atoms with van der Waals surface area (Å²) < 4.78 is 5.07.